The maximum absolute atomic E-state index is 12.9. The Morgan fingerprint density at radius 2 is 1.71 bits per heavy atom. The summed E-state index contributed by atoms with van der Waals surface area (Å²) in [5, 5.41) is 5.91. The van der Waals surface area contributed by atoms with Gasteiger partial charge in [-0.05, 0) is 42.5 Å². The minimum absolute atomic E-state index is 0.0879. The number of benzene rings is 2. The first-order chi connectivity index (χ1) is 15.1. The Morgan fingerprint density at radius 1 is 0.968 bits per heavy atom. The minimum Gasteiger partial charge on any atom is -0.497 e. The van der Waals surface area contributed by atoms with Crippen molar-refractivity contribution in [1.29, 1.82) is 0 Å². The summed E-state index contributed by atoms with van der Waals surface area (Å²) < 4.78 is 17.5. The van der Waals surface area contributed by atoms with E-state index in [1.165, 1.54) is 25.2 Å². The molecule has 4 rings (SSSR count). The van der Waals surface area contributed by atoms with Crippen LogP contribution in [0, 0.1) is 0 Å². The summed E-state index contributed by atoms with van der Waals surface area (Å²) in [6.45, 7) is 0. The van der Waals surface area contributed by atoms with Gasteiger partial charge in [-0.1, -0.05) is 11.8 Å². The van der Waals surface area contributed by atoms with E-state index >= 15 is 0 Å². The van der Waals surface area contributed by atoms with E-state index < -0.39 is 0 Å². The molecular weight excluding hydrogens is 416 g/mol. The molecule has 8 nitrogen and oxygen atoms in total. The number of thioether (sulfide) groups is 1. The molecule has 9 heteroatoms. The molecule has 0 amide bonds. The third-order valence-electron chi connectivity index (χ3n) is 4.69. The number of rotatable bonds is 8. The van der Waals surface area contributed by atoms with Gasteiger partial charge in [-0.15, -0.1) is 0 Å². The highest BCUT2D eigenvalue weighted by Crippen LogP contribution is 2.29. The Hall–Kier alpha value is -3.59. The van der Waals surface area contributed by atoms with Crippen molar-refractivity contribution < 1.29 is 19.0 Å². The van der Waals surface area contributed by atoms with Crippen LogP contribution in [0.1, 0.15) is 10.4 Å². The van der Waals surface area contributed by atoms with Gasteiger partial charge in [-0.25, -0.2) is 14.6 Å². The predicted octanol–water partition coefficient (Wildman–Crippen LogP) is 3.82. The van der Waals surface area contributed by atoms with Crippen LogP contribution in [-0.4, -0.2) is 52.6 Å². The van der Waals surface area contributed by atoms with Crippen molar-refractivity contribution in [3.63, 3.8) is 0 Å². The lowest BCUT2D eigenvalue weighted by Gasteiger charge is -2.09. The van der Waals surface area contributed by atoms with Crippen molar-refractivity contribution in [2.75, 3.05) is 27.1 Å². The maximum Gasteiger partial charge on any atom is 0.176 e. The van der Waals surface area contributed by atoms with Gasteiger partial charge in [0.15, 0.2) is 11.4 Å². The van der Waals surface area contributed by atoms with Crippen molar-refractivity contribution >= 4 is 28.6 Å². The van der Waals surface area contributed by atoms with Crippen LogP contribution in [0.5, 0.6) is 17.2 Å². The number of nitrogens with zero attached hydrogens (tertiary/aromatic N) is 4. The smallest absolute Gasteiger partial charge is 0.176 e. The summed E-state index contributed by atoms with van der Waals surface area (Å²) in [7, 11) is 4.72. The number of methoxy groups -OCH3 is 3. The average molecular weight is 436 g/mol. The van der Waals surface area contributed by atoms with Gasteiger partial charge in [-0.2, -0.15) is 5.10 Å². The molecule has 158 valence electrons. The molecular formula is C22H20N4O4S. The topological polar surface area (TPSA) is 88.4 Å². The van der Waals surface area contributed by atoms with Crippen LogP contribution >= 0.6 is 11.8 Å². The highest BCUT2D eigenvalue weighted by molar-refractivity contribution is 8.00. The van der Waals surface area contributed by atoms with E-state index in [-0.39, 0.29) is 11.5 Å². The first kappa shape index (κ1) is 20.7. The molecule has 0 N–H and O–H groups in total. The standard InChI is InChI=1S/C22H20N4O4S/c1-28-15-6-4-14(5-7-15)26-21-18(11-25-26)22(24-13-23-21)31-12-19(27)17-10-16(29-2)8-9-20(17)30-3/h4-11,13H,12H2,1-3H3. The summed E-state index contributed by atoms with van der Waals surface area (Å²) >= 11 is 1.33. The Balaban J connectivity index is 1.58. The van der Waals surface area contributed by atoms with Crippen LogP contribution in [0.2, 0.25) is 0 Å². The monoisotopic (exact) mass is 436 g/mol. The summed E-state index contributed by atoms with van der Waals surface area (Å²) in [6, 6.07) is 12.7. The van der Waals surface area contributed by atoms with Gasteiger partial charge in [0.05, 0.1) is 49.9 Å². The van der Waals surface area contributed by atoms with Crippen LogP contribution < -0.4 is 14.2 Å². The zero-order valence-corrected chi connectivity index (χ0v) is 18.0. The van der Waals surface area contributed by atoms with Crippen molar-refractivity contribution in [1.82, 2.24) is 19.7 Å². The summed E-state index contributed by atoms with van der Waals surface area (Å²) in [5.41, 5.74) is 1.98. The fourth-order valence-corrected chi connectivity index (χ4v) is 3.94. The SMILES string of the molecule is COc1ccc(-n2ncc3c(SCC(=O)c4cc(OC)ccc4OC)ncnc32)cc1. The molecule has 4 aromatic rings. The number of ketones is 1. The van der Waals surface area contributed by atoms with Gasteiger partial charge < -0.3 is 14.2 Å². The van der Waals surface area contributed by atoms with Crippen LogP contribution in [0.15, 0.2) is 60.0 Å². The molecule has 0 aliphatic heterocycles. The maximum atomic E-state index is 12.9. The molecule has 0 spiro atoms. The lowest BCUT2D eigenvalue weighted by Crippen LogP contribution is -2.06. The van der Waals surface area contributed by atoms with Crippen molar-refractivity contribution in [3.05, 3.63) is 60.6 Å². The van der Waals surface area contributed by atoms with E-state index in [4.69, 9.17) is 14.2 Å². The Morgan fingerprint density at radius 3 is 2.42 bits per heavy atom. The molecule has 0 saturated heterocycles. The number of carbonyl (C=O) groups excluding carboxylic acids is 1. The molecule has 0 bridgehead atoms. The fourth-order valence-electron chi connectivity index (χ4n) is 3.09. The van der Waals surface area contributed by atoms with Crippen molar-refractivity contribution in [2.45, 2.75) is 5.03 Å². The Labute approximate surface area is 183 Å². The average Bonchev–Trinajstić information content (AvgIpc) is 3.27. The van der Waals surface area contributed by atoms with E-state index in [1.54, 1.807) is 43.3 Å². The molecule has 0 aliphatic rings. The van der Waals surface area contributed by atoms with Gasteiger partial charge in [0.1, 0.15) is 28.6 Å². The number of hydrogen-bond donors (Lipinski definition) is 0. The molecule has 0 atom stereocenters. The van der Waals surface area contributed by atoms with Gasteiger partial charge in [0.25, 0.3) is 0 Å². The quantitative estimate of drug-likeness (QED) is 0.234. The van der Waals surface area contributed by atoms with E-state index in [0.717, 1.165) is 16.8 Å². The molecule has 0 fully saturated rings. The molecule has 0 saturated carbocycles. The zero-order valence-electron chi connectivity index (χ0n) is 17.2. The molecule has 0 aliphatic carbocycles. The van der Waals surface area contributed by atoms with Crippen LogP contribution in [0.4, 0.5) is 0 Å². The van der Waals surface area contributed by atoms with Crippen LogP contribution in [0.3, 0.4) is 0 Å². The van der Waals surface area contributed by atoms with Gasteiger partial charge in [0, 0.05) is 0 Å². The Bertz CT molecular complexity index is 1220. The van der Waals surface area contributed by atoms with Crippen LogP contribution in [0.25, 0.3) is 16.7 Å². The van der Waals surface area contributed by atoms with E-state index in [2.05, 4.69) is 15.1 Å². The minimum atomic E-state index is -0.0879. The molecule has 2 aromatic heterocycles. The lowest BCUT2D eigenvalue weighted by atomic mass is 10.1. The van der Waals surface area contributed by atoms with E-state index in [1.807, 2.05) is 24.3 Å². The van der Waals surface area contributed by atoms with Crippen molar-refractivity contribution in [2.24, 2.45) is 0 Å². The lowest BCUT2D eigenvalue weighted by molar-refractivity contribution is 0.101. The largest absolute Gasteiger partial charge is 0.497 e. The highest BCUT2D eigenvalue weighted by Gasteiger charge is 2.17. The second-order valence-corrected chi connectivity index (χ2v) is 7.41. The van der Waals surface area contributed by atoms with Gasteiger partial charge in [0.2, 0.25) is 0 Å². The molecule has 31 heavy (non-hydrogen) atoms. The third kappa shape index (κ3) is 4.17. The van der Waals surface area contributed by atoms with E-state index in [9.17, 15) is 4.79 Å². The normalized spacial score (nSPS) is 10.8. The Kier molecular flexibility index (Phi) is 6.03. The number of aromatic nitrogens is 4. The zero-order chi connectivity index (χ0) is 21.8. The first-order valence-electron chi connectivity index (χ1n) is 9.35. The molecule has 0 radical (unpaired) electrons. The van der Waals surface area contributed by atoms with Gasteiger partial charge >= 0.3 is 0 Å². The van der Waals surface area contributed by atoms with Gasteiger partial charge in [-0.3, -0.25) is 4.79 Å². The number of carbonyl (C=O) groups is 1. The van der Waals surface area contributed by atoms with Crippen LogP contribution in [-0.2, 0) is 0 Å². The molecule has 0 unspecified atom stereocenters. The van der Waals surface area contributed by atoms with E-state index in [0.29, 0.717) is 27.7 Å². The van der Waals surface area contributed by atoms with Crippen molar-refractivity contribution in [3.8, 4) is 22.9 Å². The molecule has 2 aromatic carbocycles. The summed E-state index contributed by atoms with van der Waals surface area (Å²) in [6.07, 6.45) is 3.18. The summed E-state index contributed by atoms with van der Waals surface area (Å²) in [4.78, 5) is 21.6. The first-order valence-corrected chi connectivity index (χ1v) is 10.3. The second-order valence-electron chi connectivity index (χ2n) is 6.45. The number of fused-ring (bicyclic) bond motifs is 1. The number of Topliss-reactive ketones (excluding diaryl/α,β-unsaturated/α-hetero) is 1. The molecule has 2 heterocycles. The number of hydrogen-bond acceptors (Lipinski definition) is 8. The fraction of sp³-hybridized carbons (Fsp3) is 0.182. The number of ether oxygens (including phenoxy) is 3. The third-order valence-corrected chi connectivity index (χ3v) is 5.70. The predicted molar refractivity (Wildman–Crippen MR) is 118 cm³/mol. The highest BCUT2D eigenvalue weighted by atomic mass is 32.2. The second kappa shape index (κ2) is 9.05. The summed E-state index contributed by atoms with van der Waals surface area (Å²) in [5.74, 6) is 1.96.